The van der Waals surface area contributed by atoms with Gasteiger partial charge in [-0.05, 0) is 30.4 Å². The number of nitrogens with zero attached hydrogens (tertiary/aromatic N) is 3. The van der Waals surface area contributed by atoms with Crippen molar-refractivity contribution in [1.82, 2.24) is 0 Å². The first kappa shape index (κ1) is 11.6. The zero-order chi connectivity index (χ0) is 10.8. The van der Waals surface area contributed by atoms with E-state index >= 15 is 0 Å². The van der Waals surface area contributed by atoms with Gasteiger partial charge in [0.1, 0.15) is 0 Å². The lowest BCUT2D eigenvalue weighted by molar-refractivity contribution is 0.646. The average Bonchev–Trinajstić information content (AvgIpc) is 2.29. The van der Waals surface area contributed by atoms with Crippen molar-refractivity contribution in [1.29, 1.82) is 0 Å². The molecule has 0 aliphatic carbocycles. The summed E-state index contributed by atoms with van der Waals surface area (Å²) in [5, 5.41) is 3.51. The van der Waals surface area contributed by atoms with Crippen LogP contribution in [0.4, 0.5) is 0 Å². The maximum atomic E-state index is 8.08. The van der Waals surface area contributed by atoms with Gasteiger partial charge < -0.3 is 0 Å². The van der Waals surface area contributed by atoms with Crippen LogP contribution in [0, 0.1) is 0 Å². The molecule has 0 atom stereocenters. The second kappa shape index (κ2) is 7.89. The summed E-state index contributed by atoms with van der Waals surface area (Å²) in [5.41, 5.74) is 9.49. The number of azide groups is 1. The van der Waals surface area contributed by atoms with Crippen molar-refractivity contribution in [2.45, 2.75) is 32.1 Å². The van der Waals surface area contributed by atoms with E-state index in [1.54, 1.807) is 0 Å². The molecule has 0 fully saturated rings. The second-order valence-electron chi connectivity index (χ2n) is 3.60. The van der Waals surface area contributed by atoms with E-state index in [0.717, 1.165) is 19.3 Å². The second-order valence-corrected chi connectivity index (χ2v) is 3.60. The highest BCUT2D eigenvalue weighted by molar-refractivity contribution is 5.14. The van der Waals surface area contributed by atoms with E-state index in [4.69, 9.17) is 5.53 Å². The Balaban J connectivity index is 2.00. The van der Waals surface area contributed by atoms with E-state index in [-0.39, 0.29) is 0 Å². The molecule has 1 rings (SSSR count). The minimum atomic E-state index is 0.641. The van der Waals surface area contributed by atoms with Gasteiger partial charge in [0.2, 0.25) is 0 Å². The van der Waals surface area contributed by atoms with Crippen molar-refractivity contribution in [3.05, 3.63) is 46.3 Å². The van der Waals surface area contributed by atoms with E-state index in [2.05, 4.69) is 34.3 Å². The van der Waals surface area contributed by atoms with Crippen molar-refractivity contribution in [3.63, 3.8) is 0 Å². The third-order valence-electron chi connectivity index (χ3n) is 2.38. The van der Waals surface area contributed by atoms with Crippen LogP contribution in [-0.2, 0) is 6.42 Å². The van der Waals surface area contributed by atoms with E-state index in [1.807, 2.05) is 6.07 Å². The number of hydrogen-bond acceptors (Lipinski definition) is 1. The fourth-order valence-corrected chi connectivity index (χ4v) is 1.55. The summed E-state index contributed by atoms with van der Waals surface area (Å²) in [5.74, 6) is 0. The molecule has 1 aromatic carbocycles. The standard InChI is InChI=1S/C12H17N3/c13-15-14-11-7-2-1-4-8-12-9-5-3-6-10-12/h3,5-6,9-10H,1-2,4,7-8,11H2. The Labute approximate surface area is 90.8 Å². The van der Waals surface area contributed by atoms with Crippen LogP contribution in [0.3, 0.4) is 0 Å². The highest BCUT2D eigenvalue weighted by atomic mass is 15.1. The summed E-state index contributed by atoms with van der Waals surface area (Å²) in [4.78, 5) is 2.73. The van der Waals surface area contributed by atoms with E-state index < -0.39 is 0 Å². The van der Waals surface area contributed by atoms with Gasteiger partial charge in [-0.1, -0.05) is 48.3 Å². The third kappa shape index (κ3) is 5.76. The van der Waals surface area contributed by atoms with Gasteiger partial charge in [0, 0.05) is 11.5 Å². The highest BCUT2D eigenvalue weighted by Gasteiger charge is 1.92. The first-order chi connectivity index (χ1) is 7.43. The molecule has 0 bridgehead atoms. The Morgan fingerprint density at radius 1 is 1.00 bits per heavy atom. The number of benzene rings is 1. The van der Waals surface area contributed by atoms with Crippen LogP contribution >= 0.6 is 0 Å². The maximum Gasteiger partial charge on any atom is 0.0257 e. The van der Waals surface area contributed by atoms with Gasteiger partial charge in [0.25, 0.3) is 0 Å². The van der Waals surface area contributed by atoms with Gasteiger partial charge in [-0.25, -0.2) is 0 Å². The molecule has 0 aromatic heterocycles. The molecule has 0 amide bonds. The van der Waals surface area contributed by atoms with E-state index in [1.165, 1.54) is 18.4 Å². The summed E-state index contributed by atoms with van der Waals surface area (Å²) >= 11 is 0. The monoisotopic (exact) mass is 203 g/mol. The molecule has 0 unspecified atom stereocenters. The summed E-state index contributed by atoms with van der Waals surface area (Å²) in [6.45, 7) is 0.641. The molecule has 3 heteroatoms. The third-order valence-corrected chi connectivity index (χ3v) is 2.38. The van der Waals surface area contributed by atoms with Gasteiger partial charge in [0.15, 0.2) is 0 Å². The SMILES string of the molecule is [N-]=[N+]=NCCCCCCc1ccccc1. The van der Waals surface area contributed by atoms with E-state index in [0.29, 0.717) is 6.54 Å². The molecule has 15 heavy (non-hydrogen) atoms. The van der Waals surface area contributed by atoms with Crippen molar-refractivity contribution >= 4 is 0 Å². The molecular formula is C12H17N3. The number of unbranched alkanes of at least 4 members (excludes halogenated alkanes) is 3. The van der Waals surface area contributed by atoms with Crippen LogP contribution < -0.4 is 0 Å². The zero-order valence-corrected chi connectivity index (χ0v) is 8.97. The molecule has 0 saturated carbocycles. The predicted octanol–water partition coefficient (Wildman–Crippen LogP) is 4.10. The van der Waals surface area contributed by atoms with Gasteiger partial charge >= 0.3 is 0 Å². The smallest absolute Gasteiger partial charge is 0.0257 e. The summed E-state index contributed by atoms with van der Waals surface area (Å²) < 4.78 is 0. The Morgan fingerprint density at radius 3 is 2.47 bits per heavy atom. The molecule has 0 aliphatic rings. The van der Waals surface area contributed by atoms with Gasteiger partial charge in [-0.15, -0.1) is 0 Å². The number of hydrogen-bond donors (Lipinski definition) is 0. The molecule has 0 heterocycles. The predicted molar refractivity (Wildman–Crippen MR) is 62.6 cm³/mol. The van der Waals surface area contributed by atoms with Crippen molar-refractivity contribution in [2.24, 2.45) is 5.11 Å². The molecule has 0 radical (unpaired) electrons. The summed E-state index contributed by atoms with van der Waals surface area (Å²) in [6, 6.07) is 10.5. The number of aryl methyl sites for hydroxylation is 1. The molecular weight excluding hydrogens is 186 g/mol. The topological polar surface area (TPSA) is 48.8 Å². The van der Waals surface area contributed by atoms with Gasteiger partial charge in [0.05, 0.1) is 0 Å². The van der Waals surface area contributed by atoms with E-state index in [9.17, 15) is 0 Å². The fraction of sp³-hybridized carbons (Fsp3) is 0.500. The lowest BCUT2D eigenvalue weighted by Crippen LogP contribution is -1.86. The zero-order valence-electron chi connectivity index (χ0n) is 8.97. The van der Waals surface area contributed by atoms with Crippen LogP contribution in [0.2, 0.25) is 0 Å². The van der Waals surface area contributed by atoms with Gasteiger partial charge in [-0.2, -0.15) is 0 Å². The van der Waals surface area contributed by atoms with Crippen LogP contribution in [0.15, 0.2) is 35.4 Å². The molecule has 0 spiro atoms. The van der Waals surface area contributed by atoms with Crippen LogP contribution in [0.25, 0.3) is 10.4 Å². The van der Waals surface area contributed by atoms with Crippen molar-refractivity contribution in [3.8, 4) is 0 Å². The molecule has 80 valence electrons. The first-order valence-electron chi connectivity index (χ1n) is 5.48. The maximum absolute atomic E-state index is 8.08. The Hall–Kier alpha value is -1.47. The van der Waals surface area contributed by atoms with Crippen LogP contribution in [0.5, 0.6) is 0 Å². The van der Waals surface area contributed by atoms with Crippen LogP contribution in [-0.4, -0.2) is 6.54 Å². The normalized spacial score (nSPS) is 9.60. The number of rotatable bonds is 7. The highest BCUT2D eigenvalue weighted by Crippen LogP contribution is 2.07. The Bertz CT molecular complexity index is 302. The Morgan fingerprint density at radius 2 is 1.73 bits per heavy atom. The summed E-state index contributed by atoms with van der Waals surface area (Å²) in [7, 11) is 0. The molecule has 0 saturated heterocycles. The molecule has 1 aromatic rings. The fourth-order valence-electron chi connectivity index (χ4n) is 1.55. The minimum absolute atomic E-state index is 0.641. The lowest BCUT2D eigenvalue weighted by Gasteiger charge is -2.00. The minimum Gasteiger partial charge on any atom is -0.0940 e. The Kier molecular flexibility index (Phi) is 6.10. The molecule has 0 aliphatic heterocycles. The summed E-state index contributed by atoms with van der Waals surface area (Å²) in [6.07, 6.45) is 5.77. The first-order valence-corrected chi connectivity index (χ1v) is 5.48. The average molecular weight is 203 g/mol. The van der Waals surface area contributed by atoms with Gasteiger partial charge in [-0.3, -0.25) is 0 Å². The van der Waals surface area contributed by atoms with Crippen molar-refractivity contribution < 1.29 is 0 Å². The largest absolute Gasteiger partial charge is 0.0940 e. The quantitative estimate of drug-likeness (QED) is 0.277. The molecule has 0 N–H and O–H groups in total. The van der Waals surface area contributed by atoms with Crippen molar-refractivity contribution in [2.75, 3.05) is 6.54 Å². The lowest BCUT2D eigenvalue weighted by atomic mass is 10.1. The molecule has 3 nitrogen and oxygen atoms in total. The van der Waals surface area contributed by atoms with Crippen LogP contribution in [0.1, 0.15) is 31.2 Å².